The molecule has 0 radical (unpaired) electrons. The van der Waals surface area contributed by atoms with Crippen LogP contribution in [0, 0.1) is 10.5 Å². The molecule has 0 aromatic heterocycles. The summed E-state index contributed by atoms with van der Waals surface area (Å²) in [6.45, 7) is 3.96. The van der Waals surface area contributed by atoms with E-state index in [0.717, 1.165) is 9.13 Å². The number of nitrogens with zero attached hydrogens (tertiary/aromatic N) is 2. The molecule has 0 bridgehead atoms. The highest BCUT2D eigenvalue weighted by Gasteiger charge is 2.25. The lowest BCUT2D eigenvalue weighted by Gasteiger charge is -2.34. The Labute approximate surface area is 171 Å². The summed E-state index contributed by atoms with van der Waals surface area (Å²) in [4.78, 5) is 28.5. The summed E-state index contributed by atoms with van der Waals surface area (Å²) in [5.74, 6) is 0.00823. The third-order valence-electron chi connectivity index (χ3n) is 4.35. The van der Waals surface area contributed by atoms with Gasteiger partial charge in [-0.2, -0.15) is 0 Å². The molecule has 0 spiro atoms. The van der Waals surface area contributed by atoms with Crippen molar-refractivity contribution in [2.24, 2.45) is 0 Å². The van der Waals surface area contributed by atoms with Crippen molar-refractivity contribution in [3.8, 4) is 0 Å². The van der Waals surface area contributed by atoms with E-state index in [9.17, 15) is 9.59 Å². The maximum atomic E-state index is 12.6. The van der Waals surface area contributed by atoms with Gasteiger partial charge in [0.15, 0.2) is 0 Å². The third kappa shape index (κ3) is 4.48. The minimum absolute atomic E-state index is 0.00823. The van der Waals surface area contributed by atoms with E-state index in [2.05, 4.69) is 27.9 Å². The summed E-state index contributed by atoms with van der Waals surface area (Å²) >= 11 is 8.29. The minimum atomic E-state index is -0.175. The van der Waals surface area contributed by atoms with E-state index in [1.165, 1.54) is 0 Å². The molecule has 0 saturated carbocycles. The number of piperazine rings is 1. The van der Waals surface area contributed by atoms with Crippen LogP contribution in [0.5, 0.6) is 0 Å². The summed E-state index contributed by atoms with van der Waals surface area (Å²) in [6, 6.07) is 12.8. The quantitative estimate of drug-likeness (QED) is 0.650. The van der Waals surface area contributed by atoms with Crippen LogP contribution in [0.1, 0.15) is 15.9 Å². The molecule has 0 aliphatic carbocycles. The number of rotatable bonds is 2. The van der Waals surface area contributed by atoms with Gasteiger partial charge in [-0.05, 0) is 65.4 Å². The Morgan fingerprint density at radius 1 is 1.04 bits per heavy atom. The number of carbonyl (C=O) groups excluding carboxylic acids is 2. The summed E-state index contributed by atoms with van der Waals surface area (Å²) in [7, 11) is 0. The molecule has 3 rings (SSSR count). The number of anilines is 1. The van der Waals surface area contributed by atoms with E-state index < -0.39 is 0 Å². The van der Waals surface area contributed by atoms with E-state index in [0.29, 0.717) is 42.5 Å². The number of halogens is 2. The summed E-state index contributed by atoms with van der Waals surface area (Å²) < 4.78 is 1.03. The number of hydrogen-bond acceptors (Lipinski definition) is 2. The van der Waals surface area contributed by atoms with Gasteiger partial charge in [0.25, 0.3) is 5.91 Å². The fourth-order valence-corrected chi connectivity index (χ4v) is 3.51. The van der Waals surface area contributed by atoms with E-state index in [1.807, 2.05) is 43.3 Å². The van der Waals surface area contributed by atoms with Crippen molar-refractivity contribution in [2.75, 3.05) is 31.5 Å². The largest absolute Gasteiger partial charge is 0.335 e. The van der Waals surface area contributed by atoms with Crippen LogP contribution in [0.15, 0.2) is 42.5 Å². The Balaban J connectivity index is 1.56. The molecule has 2 aromatic carbocycles. The van der Waals surface area contributed by atoms with Crippen LogP contribution in [0.4, 0.5) is 10.5 Å². The molecular weight excluding hydrogens is 465 g/mol. The number of benzene rings is 2. The maximum Gasteiger partial charge on any atom is 0.321 e. The second-order valence-corrected chi connectivity index (χ2v) is 7.84. The van der Waals surface area contributed by atoms with Gasteiger partial charge in [-0.1, -0.05) is 23.7 Å². The number of hydrogen-bond donors (Lipinski definition) is 1. The molecule has 1 aliphatic rings. The number of nitrogens with one attached hydrogen (secondary N) is 1. The Bertz CT molecular complexity index is 835. The lowest BCUT2D eigenvalue weighted by atomic mass is 10.2. The van der Waals surface area contributed by atoms with Gasteiger partial charge in [0.1, 0.15) is 0 Å². The smallest absolute Gasteiger partial charge is 0.321 e. The van der Waals surface area contributed by atoms with Crippen LogP contribution in [0.25, 0.3) is 0 Å². The van der Waals surface area contributed by atoms with Crippen molar-refractivity contribution in [2.45, 2.75) is 6.92 Å². The average Bonchev–Trinajstić information content (AvgIpc) is 2.64. The summed E-state index contributed by atoms with van der Waals surface area (Å²) in [5.41, 5.74) is 2.32. The molecule has 5 nitrogen and oxygen atoms in total. The summed E-state index contributed by atoms with van der Waals surface area (Å²) in [6.07, 6.45) is 0. The molecular formula is C19H19ClIN3O2. The molecule has 1 saturated heterocycles. The molecule has 1 heterocycles. The Hall–Kier alpha value is -1.80. The van der Waals surface area contributed by atoms with Gasteiger partial charge in [-0.3, -0.25) is 4.79 Å². The van der Waals surface area contributed by atoms with Crippen molar-refractivity contribution >= 4 is 51.8 Å². The van der Waals surface area contributed by atoms with E-state index in [-0.39, 0.29) is 11.9 Å². The van der Waals surface area contributed by atoms with E-state index in [4.69, 9.17) is 11.6 Å². The fraction of sp³-hybridized carbons (Fsp3) is 0.263. The van der Waals surface area contributed by atoms with E-state index >= 15 is 0 Å². The van der Waals surface area contributed by atoms with Gasteiger partial charge in [0.2, 0.25) is 0 Å². The van der Waals surface area contributed by atoms with Gasteiger partial charge in [-0.15, -0.1) is 0 Å². The highest BCUT2D eigenvalue weighted by molar-refractivity contribution is 14.1. The third-order valence-corrected chi connectivity index (χ3v) is 5.43. The molecule has 3 amide bonds. The molecule has 26 heavy (non-hydrogen) atoms. The first-order valence-electron chi connectivity index (χ1n) is 8.31. The number of carbonyl (C=O) groups is 2. The number of aryl methyl sites for hydroxylation is 1. The van der Waals surface area contributed by atoms with Crippen LogP contribution in [-0.2, 0) is 0 Å². The highest BCUT2D eigenvalue weighted by Crippen LogP contribution is 2.20. The lowest BCUT2D eigenvalue weighted by molar-refractivity contribution is 0.0671. The first kappa shape index (κ1) is 19.0. The van der Waals surface area contributed by atoms with Crippen LogP contribution in [0.3, 0.4) is 0 Å². The maximum absolute atomic E-state index is 12.6. The van der Waals surface area contributed by atoms with Crippen molar-refractivity contribution in [3.63, 3.8) is 0 Å². The van der Waals surface area contributed by atoms with Crippen molar-refractivity contribution in [1.82, 2.24) is 9.80 Å². The Morgan fingerprint density at radius 3 is 2.38 bits per heavy atom. The molecule has 0 unspecified atom stereocenters. The minimum Gasteiger partial charge on any atom is -0.335 e. The molecule has 7 heteroatoms. The molecule has 0 atom stereocenters. The standard InChI is InChI=1S/C19H19ClIN3O2/c1-13-5-6-16(12-17(13)20)22-19(26)24-9-7-23(8-10-24)18(25)14-3-2-4-15(21)11-14/h2-6,11-12H,7-10H2,1H3,(H,22,26). The van der Waals surface area contributed by atoms with Gasteiger partial charge in [-0.25, -0.2) is 4.79 Å². The normalized spacial score (nSPS) is 14.3. The first-order chi connectivity index (χ1) is 12.4. The van der Waals surface area contributed by atoms with Gasteiger partial charge < -0.3 is 15.1 Å². The van der Waals surface area contributed by atoms with Crippen LogP contribution in [-0.4, -0.2) is 47.9 Å². The highest BCUT2D eigenvalue weighted by atomic mass is 127. The number of urea groups is 1. The SMILES string of the molecule is Cc1ccc(NC(=O)N2CCN(C(=O)c3cccc(I)c3)CC2)cc1Cl. The van der Waals surface area contributed by atoms with E-state index in [1.54, 1.807) is 15.9 Å². The van der Waals surface area contributed by atoms with Crippen molar-refractivity contribution in [3.05, 3.63) is 62.2 Å². The van der Waals surface area contributed by atoms with Crippen LogP contribution in [0.2, 0.25) is 5.02 Å². The Morgan fingerprint density at radius 2 is 1.73 bits per heavy atom. The molecule has 136 valence electrons. The van der Waals surface area contributed by atoms with Crippen molar-refractivity contribution in [1.29, 1.82) is 0 Å². The van der Waals surface area contributed by atoms with Crippen LogP contribution >= 0.6 is 34.2 Å². The molecule has 1 fully saturated rings. The predicted molar refractivity (Wildman–Crippen MR) is 112 cm³/mol. The van der Waals surface area contributed by atoms with Crippen LogP contribution < -0.4 is 5.32 Å². The van der Waals surface area contributed by atoms with Gasteiger partial charge >= 0.3 is 6.03 Å². The van der Waals surface area contributed by atoms with Gasteiger partial charge in [0.05, 0.1) is 0 Å². The monoisotopic (exact) mass is 483 g/mol. The zero-order valence-electron chi connectivity index (χ0n) is 14.3. The zero-order chi connectivity index (χ0) is 18.7. The van der Waals surface area contributed by atoms with Gasteiger partial charge in [0, 0.05) is 46.0 Å². The molecule has 1 aliphatic heterocycles. The fourth-order valence-electron chi connectivity index (χ4n) is 2.79. The topological polar surface area (TPSA) is 52.7 Å². The van der Waals surface area contributed by atoms with Crippen molar-refractivity contribution < 1.29 is 9.59 Å². The first-order valence-corrected chi connectivity index (χ1v) is 9.76. The second kappa shape index (κ2) is 8.26. The summed E-state index contributed by atoms with van der Waals surface area (Å²) in [5, 5.41) is 3.48. The Kier molecular flexibility index (Phi) is 6.03. The molecule has 2 aromatic rings. The molecule has 1 N–H and O–H groups in total. The number of amides is 3. The second-order valence-electron chi connectivity index (χ2n) is 6.18. The zero-order valence-corrected chi connectivity index (χ0v) is 17.3. The average molecular weight is 484 g/mol. The lowest BCUT2D eigenvalue weighted by Crippen LogP contribution is -2.51. The predicted octanol–water partition coefficient (Wildman–Crippen LogP) is 4.24.